The first kappa shape index (κ1) is 26.6. The van der Waals surface area contributed by atoms with Gasteiger partial charge in [0.15, 0.2) is 0 Å². The van der Waals surface area contributed by atoms with Crippen LogP contribution >= 0.6 is 11.3 Å². The van der Waals surface area contributed by atoms with Gasteiger partial charge in [0.2, 0.25) is 5.91 Å². The molecule has 5 nitrogen and oxygen atoms in total. The fraction of sp³-hybridized carbons (Fsp3) is 0.357. The van der Waals surface area contributed by atoms with Gasteiger partial charge in [-0.1, -0.05) is 29.8 Å². The number of aryl methyl sites for hydroxylation is 2. The topological polar surface area (TPSA) is 49.9 Å². The van der Waals surface area contributed by atoms with E-state index in [2.05, 4.69) is 0 Å². The predicted octanol–water partition coefficient (Wildman–Crippen LogP) is 5.60. The zero-order valence-electron chi connectivity index (χ0n) is 20.6. The largest absolute Gasteiger partial charge is 0.382 e. The number of carbonyl (C=O) groups is 2. The summed E-state index contributed by atoms with van der Waals surface area (Å²) >= 11 is 1.60. The quantitative estimate of drug-likeness (QED) is 0.307. The van der Waals surface area contributed by atoms with Crippen molar-refractivity contribution in [3.63, 3.8) is 0 Å². The van der Waals surface area contributed by atoms with Crippen LogP contribution in [-0.2, 0) is 22.6 Å². The molecule has 3 aromatic rings. The number of rotatable bonds is 12. The van der Waals surface area contributed by atoms with Crippen LogP contribution in [0.4, 0.5) is 4.39 Å². The van der Waals surface area contributed by atoms with Gasteiger partial charge < -0.3 is 14.5 Å². The maximum Gasteiger partial charge on any atom is 0.254 e. The van der Waals surface area contributed by atoms with Crippen LogP contribution in [0, 0.1) is 19.7 Å². The summed E-state index contributed by atoms with van der Waals surface area (Å²) in [5, 5.41) is 2.01. The van der Waals surface area contributed by atoms with Crippen molar-refractivity contribution in [3.05, 3.63) is 92.9 Å². The lowest BCUT2D eigenvalue weighted by molar-refractivity contribution is -0.133. The van der Waals surface area contributed by atoms with E-state index in [-0.39, 0.29) is 24.2 Å². The molecule has 3 rings (SSSR count). The molecule has 0 saturated heterocycles. The van der Waals surface area contributed by atoms with E-state index in [1.54, 1.807) is 39.3 Å². The molecule has 0 unspecified atom stereocenters. The third-order valence-electron chi connectivity index (χ3n) is 5.74. The summed E-state index contributed by atoms with van der Waals surface area (Å²) in [6.45, 7) is 8.17. The van der Waals surface area contributed by atoms with Gasteiger partial charge in [0.1, 0.15) is 12.4 Å². The number of hydrogen-bond acceptors (Lipinski definition) is 4. The molecule has 0 fully saturated rings. The van der Waals surface area contributed by atoms with Crippen LogP contribution in [0.5, 0.6) is 0 Å². The van der Waals surface area contributed by atoms with E-state index in [0.29, 0.717) is 44.8 Å². The van der Waals surface area contributed by atoms with Gasteiger partial charge in [-0.05, 0) is 74.0 Å². The SMILES string of the molecule is CCOCCCN(CC(=O)N(Cc1ccc(F)cc1)Cc1sccc1C)C(=O)c1cccc(C)c1. The van der Waals surface area contributed by atoms with Crippen molar-refractivity contribution in [2.75, 3.05) is 26.3 Å². The van der Waals surface area contributed by atoms with Gasteiger partial charge in [0.25, 0.3) is 5.91 Å². The van der Waals surface area contributed by atoms with Gasteiger partial charge in [0, 0.05) is 36.7 Å². The number of ether oxygens (including phenoxy) is 1. The number of halogens is 1. The molecule has 0 N–H and O–H groups in total. The summed E-state index contributed by atoms with van der Waals surface area (Å²) in [5.41, 5.74) is 3.51. The molecule has 7 heteroatoms. The molecule has 2 amide bonds. The van der Waals surface area contributed by atoms with Gasteiger partial charge in [-0.15, -0.1) is 11.3 Å². The van der Waals surface area contributed by atoms with Crippen molar-refractivity contribution in [2.45, 2.75) is 40.3 Å². The Balaban J connectivity index is 1.81. The van der Waals surface area contributed by atoms with Gasteiger partial charge in [-0.2, -0.15) is 0 Å². The van der Waals surface area contributed by atoms with Crippen LogP contribution < -0.4 is 0 Å². The molecular weight excluding hydrogens is 463 g/mol. The minimum absolute atomic E-state index is 0.0372. The predicted molar refractivity (Wildman–Crippen MR) is 138 cm³/mol. The van der Waals surface area contributed by atoms with Crippen LogP contribution in [0.1, 0.15) is 45.3 Å². The Morgan fingerprint density at radius 2 is 1.77 bits per heavy atom. The number of hydrogen-bond donors (Lipinski definition) is 0. The van der Waals surface area contributed by atoms with E-state index in [1.807, 2.05) is 50.4 Å². The normalized spacial score (nSPS) is 10.9. The fourth-order valence-electron chi connectivity index (χ4n) is 3.76. The molecule has 1 heterocycles. The van der Waals surface area contributed by atoms with Gasteiger partial charge >= 0.3 is 0 Å². The summed E-state index contributed by atoms with van der Waals surface area (Å²) in [5.74, 6) is -0.642. The molecule has 0 spiro atoms. The van der Waals surface area contributed by atoms with E-state index >= 15 is 0 Å². The van der Waals surface area contributed by atoms with Crippen LogP contribution in [0.15, 0.2) is 60.0 Å². The van der Waals surface area contributed by atoms with Crippen molar-refractivity contribution in [1.29, 1.82) is 0 Å². The Morgan fingerprint density at radius 3 is 2.43 bits per heavy atom. The molecule has 0 radical (unpaired) electrons. The smallest absolute Gasteiger partial charge is 0.254 e. The molecular formula is C28H33FN2O3S. The van der Waals surface area contributed by atoms with Crippen molar-refractivity contribution >= 4 is 23.2 Å². The first-order valence-corrected chi connectivity index (χ1v) is 12.7. The average molecular weight is 497 g/mol. The number of nitrogens with zero attached hydrogens (tertiary/aromatic N) is 2. The molecule has 0 aliphatic heterocycles. The molecule has 2 aromatic carbocycles. The molecule has 186 valence electrons. The maximum atomic E-state index is 13.6. The molecule has 1 aromatic heterocycles. The summed E-state index contributed by atoms with van der Waals surface area (Å²) in [6.07, 6.45) is 0.640. The Kier molecular flexibility index (Phi) is 9.99. The van der Waals surface area contributed by atoms with Crippen LogP contribution in [0.25, 0.3) is 0 Å². The van der Waals surface area contributed by atoms with Gasteiger partial charge in [0.05, 0.1) is 6.54 Å². The Morgan fingerprint density at radius 1 is 1.00 bits per heavy atom. The summed E-state index contributed by atoms with van der Waals surface area (Å²) in [4.78, 5) is 31.4. The molecule has 35 heavy (non-hydrogen) atoms. The second-order valence-corrected chi connectivity index (χ2v) is 9.55. The van der Waals surface area contributed by atoms with E-state index in [0.717, 1.165) is 21.6 Å². The van der Waals surface area contributed by atoms with Crippen molar-refractivity contribution in [3.8, 4) is 0 Å². The lowest BCUT2D eigenvalue weighted by atomic mass is 10.1. The van der Waals surface area contributed by atoms with E-state index in [9.17, 15) is 14.0 Å². The number of carbonyl (C=O) groups excluding carboxylic acids is 2. The monoisotopic (exact) mass is 496 g/mol. The van der Waals surface area contributed by atoms with E-state index in [1.165, 1.54) is 12.1 Å². The summed E-state index contributed by atoms with van der Waals surface area (Å²) in [6, 6.07) is 15.6. The van der Waals surface area contributed by atoms with Crippen LogP contribution in [-0.4, -0.2) is 47.9 Å². The third-order valence-corrected chi connectivity index (χ3v) is 6.75. The van der Waals surface area contributed by atoms with Crippen LogP contribution in [0.3, 0.4) is 0 Å². The van der Waals surface area contributed by atoms with Gasteiger partial charge in [-0.3, -0.25) is 9.59 Å². The molecule has 0 bridgehead atoms. The highest BCUT2D eigenvalue weighted by Gasteiger charge is 2.23. The minimum Gasteiger partial charge on any atom is -0.382 e. The average Bonchev–Trinajstić information content (AvgIpc) is 3.25. The molecule has 0 aliphatic rings. The molecule has 0 aliphatic carbocycles. The Labute approximate surface area is 211 Å². The Hall–Kier alpha value is -3.03. The highest BCUT2D eigenvalue weighted by atomic mass is 32.1. The second kappa shape index (κ2) is 13.2. The van der Waals surface area contributed by atoms with E-state index < -0.39 is 0 Å². The first-order chi connectivity index (χ1) is 16.9. The minimum atomic E-state index is -0.315. The fourth-order valence-corrected chi connectivity index (χ4v) is 4.68. The standard InChI is InChI=1S/C28H33FN2O3S/c1-4-34-15-6-14-30(28(33)24-8-5-7-21(2)17-24)20-27(32)31(19-26-22(3)13-16-35-26)18-23-9-11-25(29)12-10-23/h5,7-13,16-17H,4,6,14-15,18-20H2,1-3H3. The summed E-state index contributed by atoms with van der Waals surface area (Å²) in [7, 11) is 0. The summed E-state index contributed by atoms with van der Waals surface area (Å²) < 4.78 is 18.9. The highest BCUT2D eigenvalue weighted by Crippen LogP contribution is 2.20. The number of amides is 2. The van der Waals surface area contributed by atoms with Gasteiger partial charge in [-0.25, -0.2) is 4.39 Å². The Bertz CT molecular complexity index is 1110. The van der Waals surface area contributed by atoms with Crippen LogP contribution in [0.2, 0.25) is 0 Å². The third kappa shape index (κ3) is 8.01. The lowest BCUT2D eigenvalue weighted by Crippen LogP contribution is -2.43. The zero-order chi connectivity index (χ0) is 25.2. The zero-order valence-corrected chi connectivity index (χ0v) is 21.4. The number of thiophene rings is 1. The number of benzene rings is 2. The second-order valence-electron chi connectivity index (χ2n) is 8.55. The molecule has 0 saturated carbocycles. The highest BCUT2D eigenvalue weighted by molar-refractivity contribution is 7.10. The van der Waals surface area contributed by atoms with Crippen molar-refractivity contribution in [1.82, 2.24) is 9.80 Å². The van der Waals surface area contributed by atoms with Crippen molar-refractivity contribution < 1.29 is 18.7 Å². The lowest BCUT2D eigenvalue weighted by Gasteiger charge is -2.28. The van der Waals surface area contributed by atoms with E-state index in [4.69, 9.17) is 4.74 Å². The molecule has 0 atom stereocenters. The maximum absolute atomic E-state index is 13.6. The first-order valence-electron chi connectivity index (χ1n) is 11.9. The van der Waals surface area contributed by atoms with Crippen molar-refractivity contribution in [2.24, 2.45) is 0 Å².